The number of rotatable bonds is 3. The molecule has 0 aromatic carbocycles. The Kier molecular flexibility index (Phi) is 4.55. The van der Waals surface area contributed by atoms with E-state index < -0.39 is 0 Å². The molecule has 2 amide bonds. The summed E-state index contributed by atoms with van der Waals surface area (Å²) in [5.74, 6) is 0.303. The van der Waals surface area contributed by atoms with Crippen LogP contribution in [-0.2, 0) is 9.59 Å². The van der Waals surface area contributed by atoms with Gasteiger partial charge in [-0.05, 0) is 24.8 Å². The van der Waals surface area contributed by atoms with E-state index in [1.165, 1.54) is 6.54 Å². The zero-order valence-corrected chi connectivity index (χ0v) is 12.4. The topological polar surface area (TPSA) is 64.7 Å². The van der Waals surface area contributed by atoms with Gasteiger partial charge in [0.05, 0.1) is 5.70 Å². The molecule has 0 aliphatic carbocycles. The van der Waals surface area contributed by atoms with E-state index in [0.29, 0.717) is 12.1 Å². The number of hydrogen-bond acceptors (Lipinski definition) is 5. The molecule has 3 aliphatic heterocycles. The lowest BCUT2D eigenvalue weighted by Crippen LogP contribution is -2.48. The maximum atomic E-state index is 11.8. The summed E-state index contributed by atoms with van der Waals surface area (Å²) < 4.78 is 0. The van der Waals surface area contributed by atoms with Gasteiger partial charge in [-0.15, -0.1) is 0 Å². The second-order valence-electron chi connectivity index (χ2n) is 6.15. The second-order valence-corrected chi connectivity index (χ2v) is 6.15. The highest BCUT2D eigenvalue weighted by molar-refractivity contribution is 6.07. The van der Waals surface area contributed by atoms with E-state index in [0.717, 1.165) is 58.0 Å². The van der Waals surface area contributed by atoms with Crippen molar-refractivity contribution < 1.29 is 9.59 Å². The van der Waals surface area contributed by atoms with Crippen LogP contribution in [0.3, 0.4) is 0 Å². The van der Waals surface area contributed by atoms with Crippen molar-refractivity contribution >= 4 is 11.8 Å². The molecule has 0 saturated carbocycles. The van der Waals surface area contributed by atoms with E-state index in [1.807, 2.05) is 0 Å². The van der Waals surface area contributed by atoms with Crippen molar-refractivity contribution in [3.05, 3.63) is 11.8 Å². The van der Waals surface area contributed by atoms with Gasteiger partial charge in [0.15, 0.2) is 0 Å². The Morgan fingerprint density at radius 3 is 2.48 bits per heavy atom. The summed E-state index contributed by atoms with van der Waals surface area (Å²) in [5.41, 5.74) is 0.690. The molecule has 0 aromatic heterocycles. The van der Waals surface area contributed by atoms with Crippen LogP contribution in [0.25, 0.3) is 0 Å². The van der Waals surface area contributed by atoms with E-state index in [-0.39, 0.29) is 11.8 Å². The molecular formula is C15H24N4O2. The quantitative estimate of drug-likeness (QED) is 0.689. The molecule has 3 rings (SSSR count). The van der Waals surface area contributed by atoms with Gasteiger partial charge >= 0.3 is 0 Å². The summed E-state index contributed by atoms with van der Waals surface area (Å²) in [6.45, 7) is 7.51. The maximum absolute atomic E-state index is 11.8. The zero-order valence-electron chi connectivity index (χ0n) is 12.4. The lowest BCUT2D eigenvalue weighted by atomic mass is 9.95. The molecule has 6 nitrogen and oxygen atoms in total. The monoisotopic (exact) mass is 292 g/mol. The second kappa shape index (κ2) is 6.58. The number of carbonyl (C=O) groups is 2. The molecule has 0 atom stereocenters. The average Bonchev–Trinajstić information content (AvgIpc) is 2.49. The molecule has 0 spiro atoms. The molecule has 0 bridgehead atoms. The van der Waals surface area contributed by atoms with Crippen molar-refractivity contribution in [2.45, 2.75) is 19.3 Å². The van der Waals surface area contributed by atoms with Crippen molar-refractivity contribution in [2.24, 2.45) is 5.92 Å². The van der Waals surface area contributed by atoms with Crippen LogP contribution >= 0.6 is 0 Å². The number of amides is 2. The lowest BCUT2D eigenvalue weighted by molar-refractivity contribution is -0.129. The van der Waals surface area contributed by atoms with Gasteiger partial charge < -0.3 is 15.1 Å². The third-order valence-corrected chi connectivity index (χ3v) is 4.65. The molecule has 0 unspecified atom stereocenters. The molecule has 116 valence electrons. The Morgan fingerprint density at radius 1 is 1.10 bits per heavy atom. The average molecular weight is 292 g/mol. The van der Waals surface area contributed by atoms with Crippen molar-refractivity contribution in [3.8, 4) is 0 Å². The van der Waals surface area contributed by atoms with Gasteiger partial charge in [0.25, 0.3) is 5.91 Å². The van der Waals surface area contributed by atoms with E-state index in [2.05, 4.69) is 20.4 Å². The van der Waals surface area contributed by atoms with Crippen LogP contribution in [0.4, 0.5) is 0 Å². The third kappa shape index (κ3) is 3.63. The Bertz CT molecular complexity index is 435. The molecule has 0 radical (unpaired) electrons. The first-order chi connectivity index (χ1) is 10.2. The standard InChI is InChI=1S/C15H24N4O2/c20-14-2-1-13(15(21)17-14)19-7-3-12(4-8-19)11-18-9-5-16-6-10-18/h1,12,16H,2-11H2,(H,17,20,21). The number of piperazine rings is 1. The fraction of sp³-hybridized carbons (Fsp3) is 0.733. The summed E-state index contributed by atoms with van der Waals surface area (Å²) in [4.78, 5) is 27.7. The minimum atomic E-state index is -0.230. The third-order valence-electron chi connectivity index (χ3n) is 4.65. The molecule has 21 heavy (non-hydrogen) atoms. The van der Waals surface area contributed by atoms with Crippen molar-refractivity contribution in [3.63, 3.8) is 0 Å². The lowest BCUT2D eigenvalue weighted by Gasteiger charge is -2.38. The fourth-order valence-corrected chi connectivity index (χ4v) is 3.41. The molecule has 6 heteroatoms. The molecule has 2 fully saturated rings. The SMILES string of the molecule is O=C1CC=C(N2CCC(CN3CCNCC3)CC2)C(=O)N1. The number of hydrogen-bond donors (Lipinski definition) is 2. The normalized spacial score (nSPS) is 25.7. The fourth-order valence-electron chi connectivity index (χ4n) is 3.41. The van der Waals surface area contributed by atoms with Gasteiger partial charge in [-0.25, -0.2) is 0 Å². The predicted octanol–water partition coefficient (Wildman–Crippen LogP) is -0.466. The molecule has 3 heterocycles. The summed E-state index contributed by atoms with van der Waals surface area (Å²) >= 11 is 0. The molecular weight excluding hydrogens is 268 g/mol. The minimum absolute atomic E-state index is 0.197. The predicted molar refractivity (Wildman–Crippen MR) is 79.5 cm³/mol. The summed E-state index contributed by atoms with van der Waals surface area (Å²) in [7, 11) is 0. The van der Waals surface area contributed by atoms with Crippen LogP contribution in [0.1, 0.15) is 19.3 Å². The highest BCUT2D eigenvalue weighted by atomic mass is 16.2. The van der Waals surface area contributed by atoms with E-state index >= 15 is 0 Å². The van der Waals surface area contributed by atoms with Crippen LogP contribution in [-0.4, -0.2) is 67.4 Å². The Balaban J connectivity index is 1.48. The first-order valence-corrected chi connectivity index (χ1v) is 7.95. The van der Waals surface area contributed by atoms with Gasteiger partial charge in [0.1, 0.15) is 0 Å². The molecule has 2 saturated heterocycles. The van der Waals surface area contributed by atoms with Gasteiger partial charge in [-0.1, -0.05) is 0 Å². The number of nitrogens with zero attached hydrogens (tertiary/aromatic N) is 2. The molecule has 0 aromatic rings. The first kappa shape index (κ1) is 14.5. The molecule has 2 N–H and O–H groups in total. The van der Waals surface area contributed by atoms with E-state index in [9.17, 15) is 9.59 Å². The van der Waals surface area contributed by atoms with Crippen LogP contribution in [0.2, 0.25) is 0 Å². The van der Waals surface area contributed by atoms with Gasteiger partial charge in [-0.2, -0.15) is 0 Å². The van der Waals surface area contributed by atoms with Gasteiger partial charge in [0.2, 0.25) is 5.91 Å². The number of piperidine rings is 1. The van der Waals surface area contributed by atoms with Gasteiger partial charge in [-0.3, -0.25) is 14.9 Å². The van der Waals surface area contributed by atoms with Crippen molar-refractivity contribution in [1.82, 2.24) is 20.4 Å². The largest absolute Gasteiger partial charge is 0.367 e. The van der Waals surface area contributed by atoms with Crippen LogP contribution < -0.4 is 10.6 Å². The minimum Gasteiger partial charge on any atom is -0.367 e. The number of carbonyl (C=O) groups excluding carboxylic acids is 2. The highest BCUT2D eigenvalue weighted by Gasteiger charge is 2.28. The zero-order chi connectivity index (χ0) is 14.7. The van der Waals surface area contributed by atoms with Crippen LogP contribution in [0, 0.1) is 5.92 Å². The van der Waals surface area contributed by atoms with Gasteiger partial charge in [0, 0.05) is 52.2 Å². The van der Waals surface area contributed by atoms with Crippen molar-refractivity contribution in [1.29, 1.82) is 0 Å². The summed E-state index contributed by atoms with van der Waals surface area (Å²) in [6.07, 6.45) is 4.35. The van der Waals surface area contributed by atoms with Crippen molar-refractivity contribution in [2.75, 3.05) is 45.8 Å². The van der Waals surface area contributed by atoms with Crippen LogP contribution in [0.5, 0.6) is 0 Å². The number of nitrogens with one attached hydrogen (secondary N) is 2. The van der Waals surface area contributed by atoms with E-state index in [4.69, 9.17) is 0 Å². The highest BCUT2D eigenvalue weighted by Crippen LogP contribution is 2.22. The molecule has 3 aliphatic rings. The smallest absolute Gasteiger partial charge is 0.273 e. The maximum Gasteiger partial charge on any atom is 0.273 e. The Labute approximate surface area is 125 Å². The Morgan fingerprint density at radius 2 is 1.81 bits per heavy atom. The Hall–Kier alpha value is -1.40. The summed E-state index contributed by atoms with van der Waals surface area (Å²) in [5, 5.41) is 5.78. The van der Waals surface area contributed by atoms with Crippen LogP contribution in [0.15, 0.2) is 11.8 Å². The summed E-state index contributed by atoms with van der Waals surface area (Å²) in [6, 6.07) is 0. The van der Waals surface area contributed by atoms with E-state index in [1.54, 1.807) is 6.08 Å². The number of likely N-dealkylation sites (tertiary alicyclic amines) is 1. The number of imide groups is 1. The first-order valence-electron chi connectivity index (χ1n) is 7.95.